The quantitative estimate of drug-likeness (QED) is 0.0371. The van der Waals surface area contributed by atoms with E-state index in [2.05, 4.69) is 80.8 Å². The van der Waals surface area contributed by atoms with Gasteiger partial charge in [-0.3, -0.25) is 53.1 Å². The number of nitrogens with zero attached hydrogens (tertiary/aromatic N) is 17. The van der Waals surface area contributed by atoms with Gasteiger partial charge in [0.1, 0.15) is 74.2 Å². The van der Waals surface area contributed by atoms with E-state index in [0.29, 0.717) is 105 Å². The Bertz CT molecular complexity index is 5970. The molecule has 12 heterocycles. The number of carbonyl (C=O) groups is 9. The molecule has 0 aliphatic carbocycles. The molecule has 31 nitrogen and oxygen atoms in total. The molecule has 3 aliphatic heterocycles. The Morgan fingerprint density at radius 1 is 0.462 bits per heavy atom. The minimum atomic E-state index is -1.33. The molecule has 6 atom stereocenters. The van der Waals surface area contributed by atoms with Gasteiger partial charge in [0.15, 0.2) is 34.8 Å². The fourth-order valence-electron chi connectivity index (χ4n) is 14.4. The Hall–Kier alpha value is -14.0. The molecule has 5 amide bonds. The van der Waals surface area contributed by atoms with Gasteiger partial charge in [0.25, 0.3) is 0 Å². The maximum Gasteiger partial charge on any atom is 0.248 e. The summed E-state index contributed by atoms with van der Waals surface area (Å²) in [5.74, 6) is -2.40. The number of rotatable bonds is 23. The topological polar surface area (TPSA) is 380 Å². The van der Waals surface area contributed by atoms with E-state index in [4.69, 9.17) is 11.6 Å². The van der Waals surface area contributed by atoms with Crippen LogP contribution in [0, 0.1) is 6.92 Å². The Labute approximate surface area is 687 Å². The number of benzene rings is 4. The second-order valence-electron chi connectivity index (χ2n) is 28.2. The number of aromatic nitrogens is 14. The smallest absolute Gasteiger partial charge is 0.248 e. The number of alkyl halides is 3. The van der Waals surface area contributed by atoms with Crippen molar-refractivity contribution in [1.82, 2.24) is 82.6 Å². The van der Waals surface area contributed by atoms with Crippen LogP contribution in [-0.2, 0) is 54.8 Å². The number of hydrogen-bond acceptors (Lipinski definition) is 24. The molecule has 13 aromatic rings. The first-order valence-corrected chi connectivity index (χ1v) is 38.3. The van der Waals surface area contributed by atoms with E-state index in [1.54, 1.807) is 137 Å². The standard InChI is InChI=1S/C30H25ClFN7O3S.C26H25FN8O3.C26H24FN7O3.CH4/c1-17(40)23-14-38(25-7-6-19(9-22(23)25)35-20-11-33-16-34-12-20)15-29(42)39-13-18(32)8-26(39)27(41)10-28-36-30(37-43-28)21-4-2-3-5-24(21)31;1-15-7-28-10-24(31-15)33-26(38)23-5-17(27)11-35(23)25(37)13-34-12-21(16(2)36)20-6-18(3-4-22(20)34)32-19-8-29-14-30-9-19;1-16(35)22-13-33(23-5-4-18(8-21(22)23)31-20-10-29-15-30-11-20)14-25(36)34-12-17(27)7-24(34)26(37)32-19-3-2-6-28-9-19;/h2-7,9,11-12,14,16,18,26,35H,8,10,13,15H2,1H3;3-4,6-10,12,14,17,23,32H,5,11,13H2,1-2H3,(H,31,33,38);2-6,8-11,13,15,17,24,31H,7,12,14H2,1H3,(H,32,37);1H4/t18-,26+;17-,23+;17-,24+;/m111./s1. The first-order chi connectivity index (χ1) is 56.9. The van der Waals surface area contributed by atoms with Crippen LogP contribution in [0.25, 0.3) is 44.1 Å². The predicted molar refractivity (Wildman–Crippen MR) is 441 cm³/mol. The van der Waals surface area contributed by atoms with Crippen LogP contribution in [-0.4, -0.2) is 192 Å². The summed E-state index contributed by atoms with van der Waals surface area (Å²) in [4.78, 5) is 161. The summed E-state index contributed by atoms with van der Waals surface area (Å²) >= 11 is 7.33. The second-order valence-corrected chi connectivity index (χ2v) is 29.5. The zero-order valence-corrected chi connectivity index (χ0v) is 65.2. The van der Waals surface area contributed by atoms with Gasteiger partial charge < -0.3 is 55.0 Å². The van der Waals surface area contributed by atoms with Gasteiger partial charge >= 0.3 is 0 Å². The Balaban J connectivity index is 0.000000154. The van der Waals surface area contributed by atoms with Gasteiger partial charge in [-0.2, -0.15) is 4.37 Å². The third kappa shape index (κ3) is 19.6. The lowest BCUT2D eigenvalue weighted by molar-refractivity contribution is -0.137. The predicted octanol–water partition coefficient (Wildman–Crippen LogP) is 12.3. The summed E-state index contributed by atoms with van der Waals surface area (Å²) in [5, 5.41) is 17.8. The van der Waals surface area contributed by atoms with Gasteiger partial charge in [0.05, 0.1) is 115 Å². The monoisotopic (exact) mass is 1650 g/mol. The van der Waals surface area contributed by atoms with Gasteiger partial charge in [-0.05, 0) is 118 Å². The molecule has 3 aliphatic rings. The molecule has 119 heavy (non-hydrogen) atoms. The lowest BCUT2D eigenvalue weighted by Gasteiger charge is -2.24. The molecule has 0 bridgehead atoms. The zero-order chi connectivity index (χ0) is 82.8. The Morgan fingerprint density at radius 2 is 0.874 bits per heavy atom. The maximum absolute atomic E-state index is 14.6. The van der Waals surface area contributed by atoms with Crippen molar-refractivity contribution in [1.29, 1.82) is 0 Å². The third-order valence-electron chi connectivity index (χ3n) is 19.8. The highest BCUT2D eigenvalue weighted by molar-refractivity contribution is 7.05. The van der Waals surface area contributed by atoms with Crippen molar-refractivity contribution in [3.05, 3.63) is 223 Å². The summed E-state index contributed by atoms with van der Waals surface area (Å²) < 4.78 is 52.7. The van der Waals surface area contributed by atoms with Crippen LogP contribution in [0.15, 0.2) is 191 Å². The number of fused-ring (bicyclic) bond motifs is 3. The number of anilines is 8. The number of amides is 5. The zero-order valence-electron chi connectivity index (χ0n) is 63.6. The van der Waals surface area contributed by atoms with Crippen molar-refractivity contribution in [2.45, 2.75) is 117 Å². The molecule has 0 radical (unpaired) electrons. The number of pyridine rings is 1. The summed E-state index contributed by atoms with van der Waals surface area (Å²) in [7, 11) is 0. The molecule has 608 valence electrons. The van der Waals surface area contributed by atoms with Gasteiger partial charge in [-0.15, -0.1) is 0 Å². The number of carbonyl (C=O) groups excluding carboxylic acids is 9. The van der Waals surface area contributed by atoms with Crippen molar-refractivity contribution in [2.75, 3.05) is 46.2 Å². The van der Waals surface area contributed by atoms with Crippen LogP contribution in [0.5, 0.6) is 0 Å². The minimum Gasteiger partial charge on any atom is -0.353 e. The van der Waals surface area contributed by atoms with Crippen molar-refractivity contribution < 1.29 is 56.3 Å². The van der Waals surface area contributed by atoms with Crippen molar-refractivity contribution >= 4 is 154 Å². The van der Waals surface area contributed by atoms with Gasteiger partial charge in [-0.1, -0.05) is 31.2 Å². The number of likely N-dealkylation sites (tertiary alicyclic amines) is 3. The molecule has 9 aromatic heterocycles. The van der Waals surface area contributed by atoms with Crippen LogP contribution in [0.1, 0.15) is 89.2 Å². The van der Waals surface area contributed by atoms with Crippen molar-refractivity contribution in [3.63, 3.8) is 0 Å². The lowest BCUT2D eigenvalue weighted by atomic mass is 10.1. The van der Waals surface area contributed by atoms with E-state index in [0.717, 1.165) is 22.9 Å². The van der Waals surface area contributed by atoms with Crippen LogP contribution in [0.3, 0.4) is 0 Å². The summed E-state index contributed by atoms with van der Waals surface area (Å²) in [6, 6.07) is 23.9. The maximum atomic E-state index is 14.6. The van der Waals surface area contributed by atoms with Gasteiger partial charge in [-0.25, -0.2) is 53.0 Å². The number of hydrogen-bond donors (Lipinski definition) is 5. The average molecular weight is 1650 g/mol. The van der Waals surface area contributed by atoms with E-state index in [9.17, 15) is 56.3 Å². The minimum absolute atomic E-state index is 0. The number of nitrogens with one attached hydrogen (secondary N) is 5. The van der Waals surface area contributed by atoms with Crippen LogP contribution in [0.2, 0.25) is 5.02 Å². The van der Waals surface area contributed by atoms with E-state index in [-0.39, 0.29) is 101 Å². The molecule has 4 aromatic carbocycles. The molecule has 5 N–H and O–H groups in total. The fraction of sp³-hybridized carbons (Fsp3) is 0.253. The van der Waals surface area contributed by atoms with E-state index in [1.807, 2.05) is 42.5 Å². The molecule has 0 unspecified atom stereocenters. The number of ketones is 4. The molecule has 0 saturated carbocycles. The van der Waals surface area contributed by atoms with E-state index < -0.39 is 66.2 Å². The molecule has 3 fully saturated rings. The molecular formula is C83H78ClF3N22O9S. The van der Waals surface area contributed by atoms with Gasteiger partial charge in [0, 0.05) is 122 Å². The van der Waals surface area contributed by atoms with Gasteiger partial charge in [0.2, 0.25) is 29.5 Å². The number of Topliss-reactive ketones (excluding diaryl/α,β-unsaturated/α-hetero) is 4. The first kappa shape index (κ1) is 83.0. The lowest BCUT2D eigenvalue weighted by Crippen LogP contribution is -2.44. The second kappa shape index (κ2) is 36.9. The van der Waals surface area contributed by atoms with E-state index >= 15 is 0 Å². The molecule has 16 rings (SSSR count). The fourth-order valence-corrected chi connectivity index (χ4v) is 15.3. The normalized spacial score (nSPS) is 16.7. The molecule has 3 saturated heterocycles. The van der Waals surface area contributed by atoms with E-state index in [1.165, 1.54) is 66.8 Å². The first-order valence-electron chi connectivity index (χ1n) is 37.1. The Kier molecular flexibility index (Phi) is 25.7. The third-order valence-corrected chi connectivity index (χ3v) is 20.8. The molecular weight excluding hydrogens is 1570 g/mol. The SMILES string of the molecule is C.CC(=O)c1cn(CC(=O)N2C[C@H](F)C[C@H]2C(=O)Cc2nc(-c3ccccc3Cl)ns2)c2ccc(Nc3cncnc3)cc12.CC(=O)c1cn(CC(=O)N2C[C@H](F)C[C@H]2C(=O)Nc2cccnc2)c2ccc(Nc3cncnc3)cc12.CC(=O)c1cn(CC(=O)N2C[C@H](F)C[C@H]2C(=O)Nc2cncc(C)n2)c2ccc(Nc3cncnc3)cc12. The largest absolute Gasteiger partial charge is 0.353 e. The number of halogens is 4. The highest BCUT2D eigenvalue weighted by atomic mass is 35.5. The Morgan fingerprint density at radius 3 is 1.29 bits per heavy atom. The van der Waals surface area contributed by atoms with Crippen LogP contribution >= 0.6 is 23.1 Å². The highest BCUT2D eigenvalue weighted by Crippen LogP contribution is 2.35. The van der Waals surface area contributed by atoms with Crippen LogP contribution < -0.4 is 26.6 Å². The van der Waals surface area contributed by atoms with Crippen molar-refractivity contribution in [2.24, 2.45) is 0 Å². The van der Waals surface area contributed by atoms with Crippen molar-refractivity contribution in [3.8, 4) is 11.4 Å². The van der Waals surface area contributed by atoms with Crippen LogP contribution in [0.4, 0.5) is 58.8 Å². The molecule has 36 heteroatoms. The molecule has 0 spiro atoms. The summed E-state index contributed by atoms with van der Waals surface area (Å²) in [6.45, 7) is 5.09. The average Bonchev–Trinajstić information content (AvgIpc) is 1.64. The number of aryl methyl sites for hydroxylation is 1. The highest BCUT2D eigenvalue weighted by Gasteiger charge is 2.43. The summed E-state index contributed by atoms with van der Waals surface area (Å²) in [6.07, 6.45) is 20.6. The summed E-state index contributed by atoms with van der Waals surface area (Å²) in [5.41, 5.74) is 9.26.